The molecule has 2 aromatic rings. The Labute approximate surface area is 151 Å². The molecule has 1 aromatic heterocycles. The molecule has 0 saturated carbocycles. The Morgan fingerprint density at radius 3 is 2.73 bits per heavy atom. The van der Waals surface area contributed by atoms with Crippen LogP contribution in [0.1, 0.15) is 11.3 Å². The van der Waals surface area contributed by atoms with E-state index in [4.69, 9.17) is 13.9 Å². The van der Waals surface area contributed by atoms with Gasteiger partial charge in [-0.05, 0) is 35.9 Å². The van der Waals surface area contributed by atoms with E-state index in [1.165, 1.54) is 34.9 Å². The van der Waals surface area contributed by atoms with Crippen molar-refractivity contribution in [1.29, 1.82) is 0 Å². The van der Waals surface area contributed by atoms with Crippen LogP contribution in [0, 0.1) is 0 Å². The summed E-state index contributed by atoms with van der Waals surface area (Å²) >= 11 is 0. The van der Waals surface area contributed by atoms with Crippen LogP contribution in [0.15, 0.2) is 58.1 Å². The minimum Gasteiger partial charge on any atom is -0.465 e. The average molecular weight is 377 g/mol. The summed E-state index contributed by atoms with van der Waals surface area (Å²) < 4.78 is 42.1. The Kier molecular flexibility index (Phi) is 5.87. The summed E-state index contributed by atoms with van der Waals surface area (Å²) in [6.07, 6.45) is 4.26. The first-order valence-electron chi connectivity index (χ1n) is 8.11. The fourth-order valence-corrected chi connectivity index (χ4v) is 3.95. The van der Waals surface area contributed by atoms with Crippen LogP contribution < -0.4 is 0 Å². The second-order valence-electron chi connectivity index (χ2n) is 5.62. The number of benzene rings is 1. The van der Waals surface area contributed by atoms with Gasteiger partial charge in [0, 0.05) is 19.2 Å². The Morgan fingerprint density at radius 2 is 2.00 bits per heavy atom. The van der Waals surface area contributed by atoms with E-state index in [-0.39, 0.29) is 11.5 Å². The number of esters is 1. The van der Waals surface area contributed by atoms with Gasteiger partial charge in [-0.2, -0.15) is 4.31 Å². The Morgan fingerprint density at radius 1 is 1.19 bits per heavy atom. The number of sulfonamides is 1. The third kappa shape index (κ3) is 4.60. The van der Waals surface area contributed by atoms with Gasteiger partial charge >= 0.3 is 5.97 Å². The van der Waals surface area contributed by atoms with Crippen LogP contribution in [0.4, 0.5) is 0 Å². The molecular formula is C18H19NO6S. The van der Waals surface area contributed by atoms with Crippen molar-refractivity contribution in [2.75, 3.05) is 26.3 Å². The van der Waals surface area contributed by atoms with Crippen molar-refractivity contribution in [1.82, 2.24) is 4.31 Å². The van der Waals surface area contributed by atoms with Gasteiger partial charge in [-0.25, -0.2) is 13.2 Å². The third-order valence-corrected chi connectivity index (χ3v) is 5.71. The highest BCUT2D eigenvalue weighted by molar-refractivity contribution is 7.89. The molecule has 0 atom stereocenters. The van der Waals surface area contributed by atoms with Crippen molar-refractivity contribution in [3.05, 3.63) is 60.1 Å². The van der Waals surface area contributed by atoms with E-state index in [2.05, 4.69) is 0 Å². The van der Waals surface area contributed by atoms with Crippen LogP contribution in [0.3, 0.4) is 0 Å². The molecule has 0 spiro atoms. The second-order valence-corrected chi connectivity index (χ2v) is 7.56. The molecule has 2 heterocycles. The van der Waals surface area contributed by atoms with Crippen molar-refractivity contribution in [3.8, 4) is 0 Å². The standard InChI is InChI=1S/C18H19NO6S/c20-18(7-6-16-4-2-10-24-16)25-14-15-3-1-5-17(13-15)26(21,22)19-8-11-23-12-9-19/h1-7,10,13H,8-9,11-12,14H2/b7-6+. The van der Waals surface area contributed by atoms with Crippen LogP contribution in [0.25, 0.3) is 6.08 Å². The summed E-state index contributed by atoms with van der Waals surface area (Å²) in [7, 11) is -3.58. The molecule has 0 unspecified atom stereocenters. The topological polar surface area (TPSA) is 86.0 Å². The molecule has 0 radical (unpaired) electrons. The number of hydrogen-bond acceptors (Lipinski definition) is 6. The summed E-state index contributed by atoms with van der Waals surface area (Å²) in [5.41, 5.74) is 0.596. The quantitative estimate of drug-likeness (QED) is 0.566. The number of rotatable bonds is 6. The van der Waals surface area contributed by atoms with E-state index >= 15 is 0 Å². The van der Waals surface area contributed by atoms with Gasteiger partial charge in [0.1, 0.15) is 12.4 Å². The molecule has 26 heavy (non-hydrogen) atoms. The predicted octanol–water partition coefficient (Wildman–Crippen LogP) is 2.06. The van der Waals surface area contributed by atoms with Gasteiger partial charge in [0.25, 0.3) is 0 Å². The molecule has 3 rings (SSSR count). The van der Waals surface area contributed by atoms with E-state index in [9.17, 15) is 13.2 Å². The fourth-order valence-electron chi connectivity index (χ4n) is 2.47. The Bertz CT molecular complexity index is 867. The molecule has 0 bridgehead atoms. The number of ether oxygens (including phenoxy) is 2. The number of nitrogens with zero attached hydrogens (tertiary/aromatic N) is 1. The highest BCUT2D eigenvalue weighted by Gasteiger charge is 2.26. The predicted molar refractivity (Wildman–Crippen MR) is 93.6 cm³/mol. The number of carbonyl (C=O) groups excluding carboxylic acids is 1. The average Bonchev–Trinajstić information content (AvgIpc) is 3.19. The molecule has 7 nitrogen and oxygen atoms in total. The van der Waals surface area contributed by atoms with E-state index in [1.54, 1.807) is 24.3 Å². The summed E-state index contributed by atoms with van der Waals surface area (Å²) in [5.74, 6) is 0.00314. The SMILES string of the molecule is O=C(/C=C/c1ccco1)OCc1cccc(S(=O)(=O)N2CCOCC2)c1. The molecule has 1 fully saturated rings. The highest BCUT2D eigenvalue weighted by atomic mass is 32.2. The van der Waals surface area contributed by atoms with Crippen LogP contribution in [-0.4, -0.2) is 45.0 Å². The lowest BCUT2D eigenvalue weighted by Crippen LogP contribution is -2.40. The van der Waals surface area contributed by atoms with Gasteiger partial charge < -0.3 is 13.9 Å². The van der Waals surface area contributed by atoms with Crippen molar-refractivity contribution in [2.45, 2.75) is 11.5 Å². The molecule has 8 heteroatoms. The molecule has 138 valence electrons. The van der Waals surface area contributed by atoms with Crippen molar-refractivity contribution in [3.63, 3.8) is 0 Å². The van der Waals surface area contributed by atoms with Crippen LogP contribution in [0.2, 0.25) is 0 Å². The number of morpholine rings is 1. The Hall–Kier alpha value is -2.42. The molecule has 1 aromatic carbocycles. The van der Waals surface area contributed by atoms with Gasteiger partial charge in [0.05, 0.1) is 24.4 Å². The maximum atomic E-state index is 12.7. The molecule has 1 aliphatic heterocycles. The monoisotopic (exact) mass is 377 g/mol. The zero-order valence-electron chi connectivity index (χ0n) is 14.0. The van der Waals surface area contributed by atoms with Crippen LogP contribution >= 0.6 is 0 Å². The van der Waals surface area contributed by atoms with E-state index in [0.717, 1.165) is 0 Å². The van der Waals surface area contributed by atoms with Crippen LogP contribution in [-0.2, 0) is 30.9 Å². The first kappa shape index (κ1) is 18.4. The largest absolute Gasteiger partial charge is 0.465 e. The molecular weight excluding hydrogens is 358 g/mol. The molecule has 0 amide bonds. The Balaban J connectivity index is 1.63. The number of furan rings is 1. The maximum absolute atomic E-state index is 12.7. The minimum absolute atomic E-state index is 0.0200. The third-order valence-electron chi connectivity index (χ3n) is 3.81. The summed E-state index contributed by atoms with van der Waals surface area (Å²) in [4.78, 5) is 11.9. The van der Waals surface area contributed by atoms with E-state index in [1.807, 2.05) is 0 Å². The smallest absolute Gasteiger partial charge is 0.331 e. The van der Waals surface area contributed by atoms with Crippen molar-refractivity contribution >= 4 is 22.1 Å². The lowest BCUT2D eigenvalue weighted by molar-refractivity contribution is -0.138. The molecule has 1 saturated heterocycles. The lowest BCUT2D eigenvalue weighted by atomic mass is 10.2. The van der Waals surface area contributed by atoms with Crippen molar-refractivity contribution in [2.24, 2.45) is 0 Å². The summed E-state index contributed by atoms with van der Waals surface area (Å²) in [6, 6.07) is 9.83. The first-order chi connectivity index (χ1) is 12.6. The van der Waals surface area contributed by atoms with E-state index in [0.29, 0.717) is 37.6 Å². The zero-order chi connectivity index (χ0) is 18.4. The van der Waals surface area contributed by atoms with Gasteiger partial charge in [-0.3, -0.25) is 0 Å². The fraction of sp³-hybridized carbons (Fsp3) is 0.278. The molecule has 0 N–H and O–H groups in total. The number of hydrogen-bond donors (Lipinski definition) is 0. The summed E-state index contributed by atoms with van der Waals surface area (Å²) in [5, 5.41) is 0. The lowest BCUT2D eigenvalue weighted by Gasteiger charge is -2.26. The van der Waals surface area contributed by atoms with E-state index < -0.39 is 16.0 Å². The normalized spacial score (nSPS) is 16.0. The van der Waals surface area contributed by atoms with Gasteiger partial charge in [0.15, 0.2) is 0 Å². The maximum Gasteiger partial charge on any atom is 0.331 e. The van der Waals surface area contributed by atoms with Crippen molar-refractivity contribution < 1.29 is 27.1 Å². The van der Waals surface area contributed by atoms with Crippen LogP contribution in [0.5, 0.6) is 0 Å². The van der Waals surface area contributed by atoms with Gasteiger partial charge in [0.2, 0.25) is 10.0 Å². The highest BCUT2D eigenvalue weighted by Crippen LogP contribution is 2.18. The minimum atomic E-state index is -3.58. The molecule has 1 aliphatic rings. The summed E-state index contributed by atoms with van der Waals surface area (Å²) in [6.45, 7) is 1.42. The van der Waals surface area contributed by atoms with Gasteiger partial charge in [-0.1, -0.05) is 12.1 Å². The zero-order valence-corrected chi connectivity index (χ0v) is 14.9. The first-order valence-corrected chi connectivity index (χ1v) is 9.55. The molecule has 0 aliphatic carbocycles. The number of carbonyl (C=O) groups is 1. The second kappa shape index (κ2) is 8.31. The van der Waals surface area contributed by atoms with Gasteiger partial charge in [-0.15, -0.1) is 0 Å².